The highest BCUT2D eigenvalue weighted by Gasteiger charge is 2.39. The molecule has 2 saturated heterocycles. The molecular formula is C16H21N3O3. The third-order valence-corrected chi connectivity index (χ3v) is 4.06. The third kappa shape index (κ3) is 3.28. The molecule has 2 fully saturated rings. The van der Waals surface area contributed by atoms with Crippen molar-refractivity contribution in [3.05, 3.63) is 35.9 Å². The topological polar surface area (TPSA) is 61.9 Å². The molecular weight excluding hydrogens is 282 g/mol. The van der Waals surface area contributed by atoms with E-state index in [1.807, 2.05) is 37.3 Å². The Bertz CT molecular complexity index is 549. The quantitative estimate of drug-likeness (QED) is 0.837. The molecule has 0 bridgehead atoms. The molecule has 6 nitrogen and oxygen atoms in total. The zero-order valence-electron chi connectivity index (χ0n) is 12.7. The fraction of sp³-hybridized carbons (Fsp3) is 0.500. The van der Waals surface area contributed by atoms with Gasteiger partial charge in [0.15, 0.2) is 0 Å². The minimum Gasteiger partial charge on any atom is -0.376 e. The molecule has 0 aromatic heterocycles. The number of hydrogen-bond acceptors (Lipinski definition) is 4. The predicted octanol–water partition coefficient (Wildman–Crippen LogP) is 0.828. The maximum atomic E-state index is 12.5. The van der Waals surface area contributed by atoms with Crippen molar-refractivity contribution in [2.24, 2.45) is 0 Å². The van der Waals surface area contributed by atoms with Gasteiger partial charge in [-0.1, -0.05) is 30.3 Å². The van der Waals surface area contributed by atoms with E-state index in [0.717, 1.165) is 18.7 Å². The van der Waals surface area contributed by atoms with Gasteiger partial charge in [-0.3, -0.25) is 9.69 Å². The SMILES string of the molecule is C[C@@H]1CN(CN2C(=O)N[C@@H](Cc3ccccc3)C2=O)CCO1. The van der Waals surface area contributed by atoms with E-state index >= 15 is 0 Å². The average Bonchev–Trinajstić information content (AvgIpc) is 2.76. The number of nitrogens with one attached hydrogen (secondary N) is 1. The lowest BCUT2D eigenvalue weighted by molar-refractivity contribution is -0.130. The first-order valence-electron chi connectivity index (χ1n) is 7.63. The van der Waals surface area contributed by atoms with E-state index in [0.29, 0.717) is 19.7 Å². The molecule has 1 aromatic rings. The summed E-state index contributed by atoms with van der Waals surface area (Å²) in [7, 11) is 0. The number of nitrogens with zero attached hydrogens (tertiary/aromatic N) is 2. The maximum Gasteiger partial charge on any atom is 0.325 e. The molecule has 0 radical (unpaired) electrons. The van der Waals surface area contributed by atoms with Gasteiger partial charge < -0.3 is 10.1 Å². The molecule has 6 heteroatoms. The number of benzene rings is 1. The second-order valence-electron chi connectivity index (χ2n) is 5.86. The molecule has 22 heavy (non-hydrogen) atoms. The van der Waals surface area contributed by atoms with Crippen LogP contribution in [0.15, 0.2) is 30.3 Å². The second kappa shape index (κ2) is 6.46. The second-order valence-corrected chi connectivity index (χ2v) is 5.86. The molecule has 2 aliphatic heterocycles. The van der Waals surface area contributed by atoms with Crippen molar-refractivity contribution < 1.29 is 14.3 Å². The van der Waals surface area contributed by atoms with Crippen LogP contribution in [0.3, 0.4) is 0 Å². The molecule has 2 aliphatic rings. The van der Waals surface area contributed by atoms with Crippen LogP contribution in [-0.4, -0.2) is 60.2 Å². The lowest BCUT2D eigenvalue weighted by atomic mass is 10.1. The average molecular weight is 303 g/mol. The van der Waals surface area contributed by atoms with Crippen LogP contribution in [0.5, 0.6) is 0 Å². The Hall–Kier alpha value is -1.92. The Labute approximate surface area is 130 Å². The molecule has 118 valence electrons. The number of imide groups is 1. The molecule has 1 aromatic carbocycles. The highest BCUT2D eigenvalue weighted by molar-refractivity contribution is 6.04. The molecule has 2 heterocycles. The molecule has 0 unspecified atom stereocenters. The van der Waals surface area contributed by atoms with Crippen molar-refractivity contribution in [1.29, 1.82) is 0 Å². The summed E-state index contributed by atoms with van der Waals surface area (Å²) >= 11 is 0. The summed E-state index contributed by atoms with van der Waals surface area (Å²) in [5, 5.41) is 2.78. The fourth-order valence-electron chi connectivity index (χ4n) is 2.92. The minimum atomic E-state index is -0.464. The van der Waals surface area contributed by atoms with E-state index in [4.69, 9.17) is 4.74 Å². The first-order valence-corrected chi connectivity index (χ1v) is 7.63. The Balaban J connectivity index is 1.61. The molecule has 3 rings (SSSR count). The smallest absolute Gasteiger partial charge is 0.325 e. The summed E-state index contributed by atoms with van der Waals surface area (Å²) in [5.41, 5.74) is 1.04. The van der Waals surface area contributed by atoms with Crippen LogP contribution in [0.25, 0.3) is 0 Å². The molecule has 3 amide bonds. The summed E-state index contributed by atoms with van der Waals surface area (Å²) in [5.74, 6) is -0.145. The van der Waals surface area contributed by atoms with Crippen LogP contribution in [0.1, 0.15) is 12.5 Å². The van der Waals surface area contributed by atoms with E-state index in [1.54, 1.807) is 0 Å². The summed E-state index contributed by atoms with van der Waals surface area (Å²) in [4.78, 5) is 27.9. The number of urea groups is 1. The number of carbonyl (C=O) groups excluding carboxylic acids is 2. The standard InChI is InChI=1S/C16H21N3O3/c1-12-10-18(7-8-22-12)11-19-15(20)14(17-16(19)21)9-13-5-3-2-4-6-13/h2-6,12,14H,7-11H2,1H3,(H,17,21)/t12-,14+/m1/s1. The Morgan fingerprint density at radius 2 is 2.05 bits per heavy atom. The van der Waals surface area contributed by atoms with Gasteiger partial charge in [-0.2, -0.15) is 0 Å². The Morgan fingerprint density at radius 1 is 1.27 bits per heavy atom. The van der Waals surface area contributed by atoms with Crippen molar-refractivity contribution in [3.63, 3.8) is 0 Å². The summed E-state index contributed by atoms with van der Waals surface area (Å²) in [6.45, 7) is 4.45. The predicted molar refractivity (Wildman–Crippen MR) is 81.2 cm³/mol. The molecule has 1 N–H and O–H groups in total. The first kappa shape index (κ1) is 15.0. The van der Waals surface area contributed by atoms with E-state index in [9.17, 15) is 9.59 Å². The first-order chi connectivity index (χ1) is 10.6. The van der Waals surface area contributed by atoms with Gasteiger partial charge in [0.05, 0.1) is 19.4 Å². The van der Waals surface area contributed by atoms with E-state index in [-0.39, 0.29) is 18.0 Å². The van der Waals surface area contributed by atoms with Crippen molar-refractivity contribution in [3.8, 4) is 0 Å². The zero-order valence-corrected chi connectivity index (χ0v) is 12.7. The number of amides is 3. The van der Waals surface area contributed by atoms with Gasteiger partial charge in [-0.15, -0.1) is 0 Å². The third-order valence-electron chi connectivity index (χ3n) is 4.06. The van der Waals surface area contributed by atoms with Crippen LogP contribution >= 0.6 is 0 Å². The highest BCUT2D eigenvalue weighted by atomic mass is 16.5. The monoisotopic (exact) mass is 303 g/mol. The van der Waals surface area contributed by atoms with Crippen LogP contribution in [0.4, 0.5) is 4.79 Å². The van der Waals surface area contributed by atoms with Crippen molar-refractivity contribution in [2.45, 2.75) is 25.5 Å². The molecule has 0 saturated carbocycles. The number of carbonyl (C=O) groups is 2. The van der Waals surface area contributed by atoms with Gasteiger partial charge >= 0.3 is 6.03 Å². The van der Waals surface area contributed by atoms with Crippen LogP contribution in [0, 0.1) is 0 Å². The number of hydrogen-bond donors (Lipinski definition) is 1. The largest absolute Gasteiger partial charge is 0.376 e. The fourth-order valence-corrected chi connectivity index (χ4v) is 2.92. The Morgan fingerprint density at radius 3 is 2.77 bits per heavy atom. The van der Waals surface area contributed by atoms with E-state index in [2.05, 4.69) is 10.2 Å². The number of morpholine rings is 1. The van der Waals surface area contributed by atoms with Crippen molar-refractivity contribution in [2.75, 3.05) is 26.4 Å². The maximum absolute atomic E-state index is 12.5. The van der Waals surface area contributed by atoms with Gasteiger partial charge in [0, 0.05) is 19.5 Å². The van der Waals surface area contributed by atoms with Gasteiger partial charge in [0.2, 0.25) is 0 Å². The van der Waals surface area contributed by atoms with Crippen molar-refractivity contribution >= 4 is 11.9 Å². The lowest BCUT2D eigenvalue weighted by Crippen LogP contribution is -2.48. The molecule has 2 atom stereocenters. The summed E-state index contributed by atoms with van der Waals surface area (Å²) in [6, 6.07) is 8.97. The van der Waals surface area contributed by atoms with Gasteiger partial charge in [-0.05, 0) is 12.5 Å². The highest BCUT2D eigenvalue weighted by Crippen LogP contribution is 2.14. The normalized spacial score (nSPS) is 26.3. The number of rotatable bonds is 4. The van der Waals surface area contributed by atoms with E-state index < -0.39 is 6.04 Å². The van der Waals surface area contributed by atoms with E-state index in [1.165, 1.54) is 4.90 Å². The Kier molecular flexibility index (Phi) is 4.40. The number of ether oxygens (including phenoxy) is 1. The van der Waals surface area contributed by atoms with Crippen molar-refractivity contribution in [1.82, 2.24) is 15.1 Å². The van der Waals surface area contributed by atoms with Crippen LogP contribution in [-0.2, 0) is 16.0 Å². The molecule has 0 aliphatic carbocycles. The minimum absolute atomic E-state index is 0.134. The van der Waals surface area contributed by atoms with Crippen LogP contribution < -0.4 is 5.32 Å². The lowest BCUT2D eigenvalue weighted by Gasteiger charge is -2.32. The summed E-state index contributed by atoms with van der Waals surface area (Å²) in [6.07, 6.45) is 0.663. The zero-order chi connectivity index (χ0) is 15.5. The van der Waals surface area contributed by atoms with Gasteiger partial charge in [-0.25, -0.2) is 9.69 Å². The molecule has 0 spiro atoms. The van der Waals surface area contributed by atoms with Crippen LogP contribution in [0.2, 0.25) is 0 Å². The van der Waals surface area contributed by atoms with Gasteiger partial charge in [0.1, 0.15) is 6.04 Å². The van der Waals surface area contributed by atoms with Gasteiger partial charge in [0.25, 0.3) is 5.91 Å². The summed E-state index contributed by atoms with van der Waals surface area (Å²) < 4.78 is 5.48.